The number of benzene rings is 1. The molecule has 1 heterocycles. The number of carbonyl (C=O) groups is 1. The van der Waals surface area contributed by atoms with Gasteiger partial charge in [0.1, 0.15) is 0 Å². The lowest BCUT2D eigenvalue weighted by molar-refractivity contribution is 0.00578. The first-order valence-electron chi connectivity index (χ1n) is 8.22. The maximum Gasteiger partial charge on any atom is 0.495 e. The highest BCUT2D eigenvalue weighted by molar-refractivity contribution is 6.63. The first-order valence-corrected chi connectivity index (χ1v) is 8.22. The van der Waals surface area contributed by atoms with Crippen molar-refractivity contribution in [1.82, 2.24) is 0 Å². The van der Waals surface area contributed by atoms with Gasteiger partial charge in [0, 0.05) is 0 Å². The Morgan fingerprint density at radius 1 is 1.25 bits per heavy atom. The molecule has 24 heavy (non-hydrogen) atoms. The Morgan fingerprint density at radius 2 is 1.83 bits per heavy atom. The third-order valence-corrected chi connectivity index (χ3v) is 5.27. The Balaban J connectivity index is 2.10. The zero-order valence-electron chi connectivity index (χ0n) is 14.8. The van der Waals surface area contributed by atoms with Gasteiger partial charge in [0.05, 0.1) is 35.5 Å². The van der Waals surface area contributed by atoms with Gasteiger partial charge in [-0.2, -0.15) is 5.26 Å². The van der Waals surface area contributed by atoms with Crippen LogP contribution in [-0.2, 0) is 14.0 Å². The molecule has 0 N–H and O–H groups in total. The molecule has 5 nitrogen and oxygen atoms in total. The molecule has 0 radical (unpaired) electrons. The normalized spacial score (nSPS) is 21.4. The molecule has 1 aliphatic carbocycles. The lowest BCUT2D eigenvalue weighted by Gasteiger charge is -2.32. The van der Waals surface area contributed by atoms with E-state index < -0.39 is 24.3 Å². The summed E-state index contributed by atoms with van der Waals surface area (Å²) in [7, 11) is 0.648. The van der Waals surface area contributed by atoms with Crippen molar-refractivity contribution in [3.05, 3.63) is 28.8 Å². The lowest BCUT2D eigenvalue weighted by Crippen LogP contribution is -2.41. The van der Waals surface area contributed by atoms with Crippen LogP contribution in [0.5, 0.6) is 0 Å². The number of rotatable bonds is 3. The van der Waals surface area contributed by atoms with Crippen LogP contribution in [0.15, 0.2) is 12.1 Å². The Hall–Kier alpha value is -1.84. The van der Waals surface area contributed by atoms with Crippen LogP contribution in [0.1, 0.15) is 67.9 Å². The summed E-state index contributed by atoms with van der Waals surface area (Å²) in [5.41, 5.74) is 1.42. The highest BCUT2D eigenvalue weighted by atomic mass is 16.7. The second-order valence-corrected chi connectivity index (χ2v) is 7.49. The molecule has 1 saturated carbocycles. The van der Waals surface area contributed by atoms with Crippen LogP contribution < -0.4 is 5.46 Å². The molecule has 0 unspecified atom stereocenters. The molecule has 1 saturated heterocycles. The van der Waals surface area contributed by atoms with Crippen molar-refractivity contribution in [2.24, 2.45) is 0 Å². The number of nitrogens with zero attached hydrogens (tertiary/aromatic N) is 1. The Bertz CT molecular complexity index is 715. The molecule has 0 aromatic heterocycles. The van der Waals surface area contributed by atoms with Crippen molar-refractivity contribution in [2.45, 2.75) is 57.7 Å². The Kier molecular flexibility index (Phi) is 3.97. The van der Waals surface area contributed by atoms with Gasteiger partial charge in [-0.1, -0.05) is 0 Å². The average Bonchev–Trinajstić information content (AvgIpc) is 3.33. The number of hydrogen-bond acceptors (Lipinski definition) is 5. The van der Waals surface area contributed by atoms with Gasteiger partial charge in [0.25, 0.3) is 0 Å². The molecule has 1 aliphatic heterocycles. The summed E-state index contributed by atoms with van der Waals surface area (Å²) in [5.74, 6) is -0.0819. The topological polar surface area (TPSA) is 68.6 Å². The van der Waals surface area contributed by atoms with E-state index in [1.807, 2.05) is 27.7 Å². The van der Waals surface area contributed by atoms with Crippen LogP contribution in [0.25, 0.3) is 0 Å². The molecule has 6 heteroatoms. The van der Waals surface area contributed by atoms with Crippen LogP contribution in [0.4, 0.5) is 0 Å². The Morgan fingerprint density at radius 3 is 2.29 bits per heavy atom. The smallest absolute Gasteiger partial charge is 0.465 e. The SMILES string of the molecule is COC(=O)c1cc(C2CC2)c(C#N)cc1B1OC(C)(C)C(C)(C)O1. The zero-order chi connectivity index (χ0) is 17.7. The quantitative estimate of drug-likeness (QED) is 0.630. The number of ether oxygens (including phenoxy) is 1. The number of hydrogen-bond donors (Lipinski definition) is 0. The van der Waals surface area contributed by atoms with E-state index in [1.165, 1.54) is 7.11 Å². The predicted molar refractivity (Wildman–Crippen MR) is 90.2 cm³/mol. The van der Waals surface area contributed by atoms with Gasteiger partial charge in [-0.3, -0.25) is 0 Å². The minimum atomic E-state index is -0.704. The van der Waals surface area contributed by atoms with Crippen LogP contribution in [0.3, 0.4) is 0 Å². The van der Waals surface area contributed by atoms with E-state index in [9.17, 15) is 10.1 Å². The van der Waals surface area contributed by atoms with E-state index in [2.05, 4.69) is 6.07 Å². The van der Waals surface area contributed by atoms with E-state index in [0.717, 1.165) is 18.4 Å². The highest BCUT2D eigenvalue weighted by Gasteiger charge is 2.52. The van der Waals surface area contributed by atoms with Crippen molar-refractivity contribution >= 4 is 18.6 Å². The number of esters is 1. The fraction of sp³-hybridized carbons (Fsp3) is 0.556. The van der Waals surface area contributed by atoms with E-state index >= 15 is 0 Å². The third-order valence-electron chi connectivity index (χ3n) is 5.27. The summed E-state index contributed by atoms with van der Waals surface area (Å²) in [6.07, 6.45) is 2.09. The van der Waals surface area contributed by atoms with Gasteiger partial charge >= 0.3 is 13.1 Å². The second kappa shape index (κ2) is 5.61. The first-order chi connectivity index (χ1) is 11.2. The van der Waals surface area contributed by atoms with Crippen molar-refractivity contribution in [3.8, 4) is 6.07 Å². The van der Waals surface area contributed by atoms with Gasteiger partial charge in [0.15, 0.2) is 0 Å². The van der Waals surface area contributed by atoms with Crippen LogP contribution in [0, 0.1) is 11.3 Å². The van der Waals surface area contributed by atoms with Gasteiger partial charge in [-0.15, -0.1) is 0 Å². The van der Waals surface area contributed by atoms with Gasteiger partial charge in [-0.05, 0) is 69.6 Å². The number of nitriles is 1. The van der Waals surface area contributed by atoms with Crippen molar-refractivity contribution in [1.29, 1.82) is 5.26 Å². The molecule has 1 aromatic rings. The predicted octanol–water partition coefficient (Wildman–Crippen LogP) is 2.52. The molecule has 1 aromatic carbocycles. The summed E-state index contributed by atoms with van der Waals surface area (Å²) in [6, 6.07) is 5.75. The molecular weight excluding hydrogens is 305 g/mol. The first kappa shape index (κ1) is 17.0. The van der Waals surface area contributed by atoms with Gasteiger partial charge in [-0.25, -0.2) is 4.79 Å². The summed E-state index contributed by atoms with van der Waals surface area (Å²) in [6.45, 7) is 7.81. The number of methoxy groups -OCH3 is 1. The third kappa shape index (κ3) is 2.72. The second-order valence-electron chi connectivity index (χ2n) is 7.49. The van der Waals surface area contributed by atoms with Crippen molar-refractivity contribution in [2.75, 3.05) is 7.11 Å². The van der Waals surface area contributed by atoms with Crippen LogP contribution in [0.2, 0.25) is 0 Å². The van der Waals surface area contributed by atoms with E-state index in [-0.39, 0.29) is 0 Å². The average molecular weight is 327 g/mol. The zero-order valence-corrected chi connectivity index (χ0v) is 14.8. The maximum atomic E-state index is 12.3. The lowest BCUT2D eigenvalue weighted by atomic mass is 9.74. The summed E-state index contributed by atoms with van der Waals surface area (Å²) in [5, 5.41) is 9.51. The fourth-order valence-electron chi connectivity index (χ4n) is 2.91. The monoisotopic (exact) mass is 327 g/mol. The van der Waals surface area contributed by atoms with Crippen LogP contribution in [-0.4, -0.2) is 31.4 Å². The van der Waals surface area contributed by atoms with Crippen molar-refractivity contribution < 1.29 is 18.8 Å². The van der Waals surface area contributed by atoms with E-state index in [4.69, 9.17) is 14.0 Å². The molecule has 3 rings (SSSR count). The van der Waals surface area contributed by atoms with Gasteiger partial charge in [0.2, 0.25) is 0 Å². The van der Waals surface area contributed by atoms with E-state index in [0.29, 0.717) is 22.5 Å². The summed E-state index contributed by atoms with van der Waals surface area (Å²) in [4.78, 5) is 12.3. The summed E-state index contributed by atoms with van der Waals surface area (Å²) < 4.78 is 17.1. The fourth-order valence-corrected chi connectivity index (χ4v) is 2.91. The number of carbonyl (C=O) groups excluding carboxylic acids is 1. The Labute approximate surface area is 143 Å². The molecule has 0 amide bonds. The van der Waals surface area contributed by atoms with Crippen LogP contribution >= 0.6 is 0 Å². The minimum absolute atomic E-state index is 0.357. The van der Waals surface area contributed by atoms with Crippen molar-refractivity contribution in [3.63, 3.8) is 0 Å². The standard InChI is InChI=1S/C18H22BNO4/c1-17(2)18(3,4)24-19(23-17)15-8-12(10-20)13(11-6-7-11)9-14(15)16(21)22-5/h8-9,11H,6-7H2,1-5H3. The molecule has 2 aliphatic rings. The molecule has 0 spiro atoms. The molecule has 2 fully saturated rings. The minimum Gasteiger partial charge on any atom is -0.465 e. The van der Waals surface area contributed by atoms with Gasteiger partial charge < -0.3 is 14.0 Å². The highest BCUT2D eigenvalue weighted by Crippen LogP contribution is 2.42. The maximum absolute atomic E-state index is 12.3. The molecule has 126 valence electrons. The molecule has 0 bridgehead atoms. The molecular formula is C18H22BNO4. The largest absolute Gasteiger partial charge is 0.495 e. The molecule has 0 atom stereocenters. The van der Waals surface area contributed by atoms with E-state index in [1.54, 1.807) is 12.1 Å². The summed E-state index contributed by atoms with van der Waals surface area (Å²) >= 11 is 0.